The molecule has 4 rings (SSSR count). The Balaban J connectivity index is 1.39. The van der Waals surface area contributed by atoms with Crippen molar-refractivity contribution in [2.45, 2.75) is 50.9 Å². The van der Waals surface area contributed by atoms with Gasteiger partial charge in [-0.3, -0.25) is 14.2 Å². The molecule has 2 atom stereocenters. The van der Waals surface area contributed by atoms with Gasteiger partial charge in [0, 0.05) is 0 Å². The molecule has 1 saturated heterocycles. The van der Waals surface area contributed by atoms with Gasteiger partial charge in [-0.2, -0.15) is 0 Å². The van der Waals surface area contributed by atoms with E-state index in [1.807, 2.05) is 25.2 Å². The Kier molecular flexibility index (Phi) is 7.93. The predicted octanol–water partition coefficient (Wildman–Crippen LogP) is 2.46. The number of amides is 1. The van der Waals surface area contributed by atoms with E-state index >= 15 is 0 Å². The lowest BCUT2D eigenvalue weighted by molar-refractivity contribution is -0.124. The third-order valence-electron chi connectivity index (χ3n) is 6.29. The fourth-order valence-corrected chi connectivity index (χ4v) is 5.26. The van der Waals surface area contributed by atoms with Crippen LogP contribution >= 0.6 is 11.3 Å². The van der Waals surface area contributed by atoms with E-state index in [9.17, 15) is 14.7 Å². The van der Waals surface area contributed by atoms with E-state index in [1.165, 1.54) is 16.9 Å². The molecule has 1 aliphatic heterocycles. The first-order valence-electron chi connectivity index (χ1n) is 11.6. The van der Waals surface area contributed by atoms with Gasteiger partial charge in [0.1, 0.15) is 0 Å². The second-order valence-corrected chi connectivity index (χ2v) is 9.51. The Morgan fingerprint density at radius 2 is 2.00 bits per heavy atom. The standard InChI is InChI=1S/C25H32N4O3S/c1-26-23(28-24(31)20-4-2-3-13-27-20)12-7-17-5-8-18(9-6-17)19-10-11-22-21(16-19)29(14-15-30)25(32)33-22/h5-6,8-11,16,20,23,26-27,30H,2-4,7,12-15H2,1H3,(H,28,31)/t20-,23-/m0/s1. The summed E-state index contributed by atoms with van der Waals surface area (Å²) in [5.41, 5.74) is 4.19. The number of hydrogen-bond donors (Lipinski definition) is 4. The number of nitrogens with zero attached hydrogens (tertiary/aromatic N) is 1. The van der Waals surface area contributed by atoms with Crippen LogP contribution in [0.1, 0.15) is 31.2 Å². The van der Waals surface area contributed by atoms with Crippen molar-refractivity contribution < 1.29 is 9.90 Å². The minimum atomic E-state index is -0.0804. The van der Waals surface area contributed by atoms with Gasteiger partial charge >= 0.3 is 4.87 Å². The largest absolute Gasteiger partial charge is 0.395 e. The van der Waals surface area contributed by atoms with Gasteiger partial charge in [-0.1, -0.05) is 48.1 Å². The van der Waals surface area contributed by atoms with Gasteiger partial charge in [-0.05, 0) is 68.1 Å². The van der Waals surface area contributed by atoms with E-state index in [-0.39, 0.29) is 29.6 Å². The van der Waals surface area contributed by atoms with Gasteiger partial charge in [0.25, 0.3) is 0 Å². The number of aromatic nitrogens is 1. The first-order valence-corrected chi connectivity index (χ1v) is 12.5. The second-order valence-electron chi connectivity index (χ2n) is 8.51. The molecule has 1 aliphatic rings. The number of rotatable bonds is 9. The molecule has 0 saturated carbocycles. The van der Waals surface area contributed by atoms with Crippen molar-refractivity contribution in [1.82, 2.24) is 20.5 Å². The Bertz CT molecular complexity index is 1130. The molecule has 0 bridgehead atoms. The number of fused-ring (bicyclic) bond motifs is 1. The molecule has 4 N–H and O–H groups in total. The third-order valence-corrected chi connectivity index (χ3v) is 7.25. The van der Waals surface area contributed by atoms with Crippen molar-refractivity contribution >= 4 is 27.5 Å². The highest BCUT2D eigenvalue weighted by atomic mass is 32.1. The van der Waals surface area contributed by atoms with Crippen molar-refractivity contribution in [1.29, 1.82) is 0 Å². The molecule has 0 radical (unpaired) electrons. The summed E-state index contributed by atoms with van der Waals surface area (Å²) in [7, 11) is 1.87. The number of piperidine rings is 1. The third kappa shape index (κ3) is 5.70. The van der Waals surface area contributed by atoms with Crippen LogP contribution in [0.5, 0.6) is 0 Å². The normalized spacial score (nSPS) is 17.2. The maximum Gasteiger partial charge on any atom is 0.308 e. The molecule has 33 heavy (non-hydrogen) atoms. The second kappa shape index (κ2) is 11.1. The van der Waals surface area contributed by atoms with E-state index in [4.69, 9.17) is 0 Å². The zero-order chi connectivity index (χ0) is 23.2. The van der Waals surface area contributed by atoms with Gasteiger partial charge in [0.05, 0.1) is 35.6 Å². The van der Waals surface area contributed by atoms with Gasteiger partial charge in [0.15, 0.2) is 0 Å². The quantitative estimate of drug-likeness (QED) is 0.362. The first-order chi connectivity index (χ1) is 16.1. The molecule has 7 nitrogen and oxygen atoms in total. The monoisotopic (exact) mass is 468 g/mol. The van der Waals surface area contributed by atoms with Crippen LogP contribution in [0, 0.1) is 0 Å². The zero-order valence-electron chi connectivity index (χ0n) is 19.0. The molecule has 1 aromatic heterocycles. The van der Waals surface area contributed by atoms with Gasteiger partial charge < -0.3 is 21.1 Å². The van der Waals surface area contributed by atoms with E-state index in [1.54, 1.807) is 4.57 Å². The lowest BCUT2D eigenvalue weighted by Crippen LogP contribution is -2.52. The molecule has 2 aromatic carbocycles. The molecule has 1 fully saturated rings. The molecular formula is C25H32N4O3S. The molecule has 1 amide bonds. The molecular weight excluding hydrogens is 436 g/mol. The molecule has 0 aliphatic carbocycles. The van der Waals surface area contributed by atoms with E-state index in [2.05, 4.69) is 40.2 Å². The average molecular weight is 469 g/mol. The minimum Gasteiger partial charge on any atom is -0.395 e. The molecule has 176 valence electrons. The van der Waals surface area contributed by atoms with Crippen molar-refractivity contribution in [3.05, 3.63) is 57.7 Å². The Morgan fingerprint density at radius 1 is 1.21 bits per heavy atom. The van der Waals surface area contributed by atoms with Crippen molar-refractivity contribution in [2.24, 2.45) is 0 Å². The summed E-state index contributed by atoms with van der Waals surface area (Å²) in [5.74, 6) is 0.0768. The maximum absolute atomic E-state index is 12.5. The van der Waals surface area contributed by atoms with Gasteiger partial charge in [-0.25, -0.2) is 0 Å². The SMILES string of the molecule is CN[C@H](CCc1ccc(-c2ccc3sc(=O)n(CCO)c3c2)cc1)NC(=O)[C@@H]1CCCCN1. The lowest BCUT2D eigenvalue weighted by atomic mass is 10.0. The molecule has 3 aromatic rings. The fraction of sp³-hybridized carbons (Fsp3) is 0.440. The van der Waals surface area contributed by atoms with Crippen molar-refractivity contribution in [3.8, 4) is 11.1 Å². The van der Waals surface area contributed by atoms with Crippen LogP contribution in [-0.4, -0.2) is 48.0 Å². The van der Waals surface area contributed by atoms with Gasteiger partial charge in [0.2, 0.25) is 5.91 Å². The smallest absolute Gasteiger partial charge is 0.308 e. The Morgan fingerprint density at radius 3 is 2.70 bits per heavy atom. The Hall–Kier alpha value is -2.52. The number of thiazole rings is 1. The minimum absolute atomic E-state index is 0.0444. The van der Waals surface area contributed by atoms with Crippen LogP contribution in [0.15, 0.2) is 47.3 Å². The van der Waals surface area contributed by atoms with E-state index in [0.29, 0.717) is 6.54 Å². The van der Waals surface area contributed by atoms with Crippen LogP contribution < -0.4 is 20.8 Å². The molecule has 0 spiro atoms. The van der Waals surface area contributed by atoms with Crippen molar-refractivity contribution in [2.75, 3.05) is 20.2 Å². The molecule has 0 unspecified atom stereocenters. The van der Waals surface area contributed by atoms with Crippen LogP contribution in [-0.2, 0) is 17.8 Å². The number of aliphatic hydroxyl groups is 1. The number of nitrogens with one attached hydrogen (secondary N) is 3. The van der Waals surface area contributed by atoms with Gasteiger partial charge in [-0.15, -0.1) is 0 Å². The summed E-state index contributed by atoms with van der Waals surface area (Å²) in [6, 6.07) is 14.4. The summed E-state index contributed by atoms with van der Waals surface area (Å²) in [5, 5.41) is 18.9. The number of carbonyl (C=O) groups is 1. The lowest BCUT2D eigenvalue weighted by Gasteiger charge is -2.26. The predicted molar refractivity (Wildman–Crippen MR) is 134 cm³/mol. The van der Waals surface area contributed by atoms with E-state index in [0.717, 1.165) is 60.0 Å². The fourth-order valence-electron chi connectivity index (χ4n) is 4.36. The molecule has 2 heterocycles. The van der Waals surface area contributed by atoms with E-state index < -0.39 is 0 Å². The number of benzene rings is 2. The number of aryl methyl sites for hydroxylation is 1. The number of hydrogen-bond acceptors (Lipinski definition) is 6. The molecule has 8 heteroatoms. The van der Waals surface area contributed by atoms with Crippen LogP contribution in [0.25, 0.3) is 21.3 Å². The highest BCUT2D eigenvalue weighted by Gasteiger charge is 2.22. The highest BCUT2D eigenvalue weighted by Crippen LogP contribution is 2.26. The van der Waals surface area contributed by atoms with Crippen LogP contribution in [0.3, 0.4) is 0 Å². The summed E-state index contributed by atoms with van der Waals surface area (Å²) in [4.78, 5) is 24.6. The summed E-state index contributed by atoms with van der Waals surface area (Å²) >= 11 is 1.21. The Labute approximate surface area is 197 Å². The van der Waals surface area contributed by atoms with Crippen LogP contribution in [0.2, 0.25) is 0 Å². The highest BCUT2D eigenvalue weighted by molar-refractivity contribution is 7.16. The van der Waals surface area contributed by atoms with Crippen molar-refractivity contribution in [3.63, 3.8) is 0 Å². The average Bonchev–Trinajstić information content (AvgIpc) is 3.17. The zero-order valence-corrected chi connectivity index (χ0v) is 19.8. The number of aliphatic hydroxyl groups excluding tert-OH is 1. The summed E-state index contributed by atoms with van der Waals surface area (Å²) < 4.78 is 2.56. The van der Waals surface area contributed by atoms with Crippen LogP contribution in [0.4, 0.5) is 0 Å². The summed E-state index contributed by atoms with van der Waals surface area (Å²) in [6.07, 6.45) is 4.73. The maximum atomic E-state index is 12.5. The summed E-state index contributed by atoms with van der Waals surface area (Å²) in [6.45, 7) is 1.16. The topological polar surface area (TPSA) is 95.4 Å². The number of carbonyl (C=O) groups excluding carboxylic acids is 1. The first kappa shape index (κ1) is 23.6.